The molecule has 0 spiro atoms. The maximum absolute atomic E-state index is 2.39. The zero-order valence-corrected chi connectivity index (χ0v) is 11.3. The lowest BCUT2D eigenvalue weighted by Crippen LogP contribution is -2.35. The van der Waals surface area contributed by atoms with Crippen LogP contribution in [0.2, 0.25) is 0 Å². The summed E-state index contributed by atoms with van der Waals surface area (Å²) in [5, 5.41) is 1.46. The van der Waals surface area contributed by atoms with Crippen molar-refractivity contribution in [2.24, 2.45) is 0 Å². The minimum Gasteiger partial charge on any atom is -0.165 e. The summed E-state index contributed by atoms with van der Waals surface area (Å²) in [4.78, 5) is 0. The van der Waals surface area contributed by atoms with Gasteiger partial charge in [-0.05, 0) is 19.1 Å². The molecular formula is C12H22N2P+. The molecule has 0 unspecified atom stereocenters. The molecule has 0 aliphatic carbocycles. The fraction of sp³-hybridized carbons (Fsp3) is 0.500. The second kappa shape index (κ2) is 5.07. The molecule has 1 aromatic rings. The van der Waals surface area contributed by atoms with Gasteiger partial charge >= 0.3 is 0 Å². The molecule has 0 aromatic heterocycles. The quantitative estimate of drug-likeness (QED) is 0.725. The Kier molecular flexibility index (Phi) is 4.27. The van der Waals surface area contributed by atoms with Gasteiger partial charge in [-0.1, -0.05) is 18.2 Å². The van der Waals surface area contributed by atoms with Gasteiger partial charge in [0.15, 0.2) is 7.56 Å². The van der Waals surface area contributed by atoms with Crippen LogP contribution in [0.4, 0.5) is 0 Å². The Bertz CT molecular complexity index is 288. The molecule has 3 heteroatoms. The van der Waals surface area contributed by atoms with Gasteiger partial charge in [-0.3, -0.25) is 0 Å². The molecule has 0 aliphatic heterocycles. The molecule has 1 rings (SSSR count). The smallest absolute Gasteiger partial charge is 0.165 e. The van der Waals surface area contributed by atoms with Gasteiger partial charge < -0.3 is 0 Å². The molecule has 84 valence electrons. The molecule has 0 heterocycles. The second-order valence-electron chi connectivity index (χ2n) is 4.08. The highest BCUT2D eigenvalue weighted by molar-refractivity contribution is 7.78. The van der Waals surface area contributed by atoms with Crippen molar-refractivity contribution in [2.75, 3.05) is 34.4 Å². The van der Waals surface area contributed by atoms with Crippen LogP contribution in [0.5, 0.6) is 0 Å². The minimum absolute atomic E-state index is 1.18. The molecule has 0 aliphatic rings. The monoisotopic (exact) mass is 225 g/mol. The largest absolute Gasteiger partial charge is 0.184 e. The van der Waals surface area contributed by atoms with Gasteiger partial charge in [0.25, 0.3) is 0 Å². The Morgan fingerprint density at radius 2 is 1.40 bits per heavy atom. The maximum Gasteiger partial charge on any atom is 0.184 e. The van der Waals surface area contributed by atoms with Crippen molar-refractivity contribution in [3.63, 3.8) is 0 Å². The van der Waals surface area contributed by atoms with Crippen LogP contribution in [0.1, 0.15) is 6.92 Å². The Hall–Kier alpha value is -0.430. The van der Waals surface area contributed by atoms with Crippen LogP contribution in [0.15, 0.2) is 30.3 Å². The van der Waals surface area contributed by atoms with Crippen molar-refractivity contribution >= 4 is 12.9 Å². The molecule has 15 heavy (non-hydrogen) atoms. The van der Waals surface area contributed by atoms with E-state index in [-0.39, 0.29) is 0 Å². The Morgan fingerprint density at radius 1 is 0.933 bits per heavy atom. The first-order valence-corrected chi connectivity index (χ1v) is 7.23. The fourth-order valence-corrected chi connectivity index (χ4v) is 6.02. The van der Waals surface area contributed by atoms with Crippen molar-refractivity contribution in [1.82, 2.24) is 9.34 Å². The van der Waals surface area contributed by atoms with Crippen LogP contribution in [-0.2, 0) is 0 Å². The summed E-state index contributed by atoms with van der Waals surface area (Å²) in [5.41, 5.74) is 0. The summed E-state index contributed by atoms with van der Waals surface area (Å²) in [6.07, 6.45) is 1.18. The van der Waals surface area contributed by atoms with E-state index >= 15 is 0 Å². The van der Waals surface area contributed by atoms with E-state index in [9.17, 15) is 0 Å². The normalized spacial score (nSPS) is 12.5. The molecule has 1 aromatic carbocycles. The third-order valence-corrected chi connectivity index (χ3v) is 7.59. The van der Waals surface area contributed by atoms with Gasteiger partial charge in [-0.25, -0.2) is 0 Å². The first kappa shape index (κ1) is 12.6. The summed E-state index contributed by atoms with van der Waals surface area (Å²) in [7, 11) is 7.43. The number of benzene rings is 1. The molecule has 0 saturated heterocycles. The second-order valence-corrected chi connectivity index (χ2v) is 8.29. The zero-order valence-electron chi connectivity index (χ0n) is 10.4. The van der Waals surface area contributed by atoms with Crippen molar-refractivity contribution in [1.29, 1.82) is 0 Å². The fourth-order valence-electron chi connectivity index (χ4n) is 2.23. The van der Waals surface area contributed by atoms with Crippen molar-refractivity contribution in [2.45, 2.75) is 6.92 Å². The first-order valence-electron chi connectivity index (χ1n) is 5.35. The third-order valence-electron chi connectivity index (χ3n) is 2.93. The van der Waals surface area contributed by atoms with Gasteiger partial charge in [-0.2, -0.15) is 9.34 Å². The molecule has 0 amide bonds. The summed E-state index contributed by atoms with van der Waals surface area (Å²) >= 11 is 0. The Balaban J connectivity index is 3.22. The van der Waals surface area contributed by atoms with Gasteiger partial charge in [0.2, 0.25) is 0 Å². The third kappa shape index (κ3) is 2.23. The van der Waals surface area contributed by atoms with Gasteiger partial charge in [0, 0.05) is 28.2 Å². The lowest BCUT2D eigenvalue weighted by Gasteiger charge is -2.35. The van der Waals surface area contributed by atoms with Crippen LogP contribution < -0.4 is 5.30 Å². The van der Waals surface area contributed by atoms with Crippen molar-refractivity contribution in [3.05, 3.63) is 30.3 Å². The van der Waals surface area contributed by atoms with E-state index in [0.29, 0.717) is 0 Å². The molecule has 2 nitrogen and oxygen atoms in total. The van der Waals surface area contributed by atoms with Gasteiger partial charge in [-0.15, -0.1) is 0 Å². The van der Waals surface area contributed by atoms with Crippen molar-refractivity contribution < 1.29 is 0 Å². The summed E-state index contributed by atoms with van der Waals surface area (Å²) in [5.74, 6) is 0. The minimum atomic E-state index is -1.31. The summed E-state index contributed by atoms with van der Waals surface area (Å²) in [6, 6.07) is 10.8. The topological polar surface area (TPSA) is 6.48 Å². The SMILES string of the molecule is CC[P+](c1ccccc1)(N(C)C)N(C)C. The zero-order chi connectivity index (χ0) is 11.5. The molecular weight excluding hydrogens is 203 g/mol. The van der Waals surface area contributed by atoms with E-state index in [0.717, 1.165) is 0 Å². The lowest BCUT2D eigenvalue weighted by atomic mass is 10.4. The van der Waals surface area contributed by atoms with Crippen LogP contribution in [0.25, 0.3) is 0 Å². The van der Waals surface area contributed by atoms with Crippen molar-refractivity contribution in [3.8, 4) is 0 Å². The molecule has 0 saturated carbocycles. The number of hydrogen-bond acceptors (Lipinski definition) is 2. The molecule has 0 radical (unpaired) electrons. The van der Waals surface area contributed by atoms with Crippen LogP contribution in [0, 0.1) is 0 Å². The van der Waals surface area contributed by atoms with E-state index in [1.807, 2.05) is 0 Å². The standard InChI is InChI=1S/C12H22N2P/c1-6-15(13(2)3,14(4)5)12-10-8-7-9-11-12/h7-11H,6H2,1-5H3/q+1. The molecule has 0 fully saturated rings. The van der Waals surface area contributed by atoms with E-state index in [2.05, 4.69) is 74.8 Å². The number of rotatable bonds is 4. The van der Waals surface area contributed by atoms with Gasteiger partial charge in [0.1, 0.15) is 5.30 Å². The highest BCUT2D eigenvalue weighted by Crippen LogP contribution is 2.60. The van der Waals surface area contributed by atoms with Crippen LogP contribution in [0.3, 0.4) is 0 Å². The summed E-state index contributed by atoms with van der Waals surface area (Å²) < 4.78 is 4.78. The average Bonchev–Trinajstić information content (AvgIpc) is 2.20. The molecule has 0 N–H and O–H groups in total. The maximum atomic E-state index is 2.39. The first-order chi connectivity index (χ1) is 7.05. The van der Waals surface area contributed by atoms with E-state index < -0.39 is 7.56 Å². The Morgan fingerprint density at radius 3 is 1.73 bits per heavy atom. The summed E-state index contributed by atoms with van der Waals surface area (Å²) in [6.45, 7) is 2.28. The van der Waals surface area contributed by atoms with E-state index in [1.165, 1.54) is 11.5 Å². The van der Waals surface area contributed by atoms with Crippen LogP contribution >= 0.6 is 7.56 Å². The average molecular weight is 225 g/mol. The highest BCUT2D eigenvalue weighted by Gasteiger charge is 2.44. The van der Waals surface area contributed by atoms with E-state index in [4.69, 9.17) is 0 Å². The number of hydrogen-bond donors (Lipinski definition) is 0. The van der Waals surface area contributed by atoms with Crippen LogP contribution in [-0.4, -0.2) is 43.7 Å². The predicted octanol–water partition coefficient (Wildman–Crippen LogP) is 2.30. The van der Waals surface area contributed by atoms with E-state index in [1.54, 1.807) is 0 Å². The van der Waals surface area contributed by atoms with Gasteiger partial charge in [0.05, 0.1) is 6.16 Å². The Labute approximate surface area is 94.3 Å². The molecule has 0 atom stereocenters. The molecule has 0 bridgehead atoms. The predicted molar refractivity (Wildman–Crippen MR) is 70.9 cm³/mol. The highest BCUT2D eigenvalue weighted by atomic mass is 31.2. The lowest BCUT2D eigenvalue weighted by molar-refractivity contribution is 0.560. The number of nitrogens with zero attached hydrogens (tertiary/aromatic N) is 2.